The van der Waals surface area contributed by atoms with Crippen LogP contribution in [0.1, 0.15) is 0 Å². The monoisotopic (exact) mass is 202 g/mol. The Bertz CT molecular complexity index is 8.00. The average Bonchev–Trinajstić information content (AvgIpc) is 1.00. The molecule has 0 N–H and O–H groups in total. The number of rotatable bonds is 0. The topological polar surface area (TPSA) is 17.1 Å². The fourth-order valence-corrected chi connectivity index (χ4v) is 0. The van der Waals surface area contributed by atoms with Gasteiger partial charge in [-0.2, -0.15) is 0 Å². The maximum absolute atomic E-state index is 8.33. The molecule has 0 aliphatic carbocycles. The predicted octanol–water partition coefficient (Wildman–Crippen LogP) is -1.68. The molecule has 0 amide bonds. The molecule has 0 aromatic rings. The summed E-state index contributed by atoms with van der Waals surface area (Å²) in [5, 5.41) is 0. The zero-order valence-corrected chi connectivity index (χ0v) is 3.44. The third kappa shape index (κ3) is 8.82. The third-order valence-electron chi connectivity index (χ3n) is 0. The molecule has 18 valence electrons. The molecule has 0 bridgehead atoms. The van der Waals surface area contributed by atoms with Gasteiger partial charge in [0.1, 0.15) is 0 Å². The standard InChI is InChI=1S/Li.Mg.O.Sm.3H. The van der Waals surface area contributed by atoms with E-state index in [-0.39, 0.29) is 41.9 Å². The van der Waals surface area contributed by atoms with Crippen LogP contribution < -0.4 is 0 Å². The fraction of sp³-hybridized carbons (Fsp3) is 0. The van der Waals surface area contributed by atoms with E-state index in [2.05, 4.69) is 0 Å². The quantitative estimate of drug-likeness (QED) is 0.427. The zero-order valence-electron chi connectivity index (χ0n) is 0.816. The van der Waals surface area contributed by atoms with Crippen molar-refractivity contribution in [3.8, 4) is 0 Å². The van der Waals surface area contributed by atoms with Gasteiger partial charge < -0.3 is 0 Å². The summed E-state index contributed by atoms with van der Waals surface area (Å²) < 4.78 is 8.33. The number of hydrogen-bond acceptors (Lipinski definition) is 1. The predicted molar refractivity (Wildman–Crippen MR) is 16.4 cm³/mol. The minimum atomic E-state index is 0. The van der Waals surface area contributed by atoms with Crippen molar-refractivity contribution in [1.82, 2.24) is 0 Å². The van der Waals surface area contributed by atoms with Crippen molar-refractivity contribution in [3.05, 3.63) is 0 Å². The molecule has 0 fully saturated rings. The van der Waals surface area contributed by atoms with Crippen LogP contribution in [0.4, 0.5) is 0 Å². The first kappa shape index (κ1) is 16.0. The Balaban J connectivity index is -0.00000000500. The molecule has 0 aliphatic heterocycles. The molecule has 0 aromatic heterocycles. The molecular weight excluding hydrogens is 198 g/mol. The normalized spacial score (nSPS) is 1.00. The summed E-state index contributed by atoms with van der Waals surface area (Å²) >= 11 is 0.333. The van der Waals surface area contributed by atoms with Crippen LogP contribution in [0, 0.1) is 38.5 Å². The molecular formula is H3LiMgOSm. The summed E-state index contributed by atoms with van der Waals surface area (Å²) in [4.78, 5) is 0. The summed E-state index contributed by atoms with van der Waals surface area (Å²) in [6, 6.07) is 0. The van der Waals surface area contributed by atoms with Crippen molar-refractivity contribution in [1.29, 1.82) is 0 Å². The van der Waals surface area contributed by atoms with E-state index in [1.165, 1.54) is 0 Å². The molecule has 0 spiro atoms. The summed E-state index contributed by atoms with van der Waals surface area (Å²) in [6.45, 7) is 0. The van der Waals surface area contributed by atoms with Crippen LogP contribution in [0.5, 0.6) is 0 Å². The first-order valence-corrected chi connectivity index (χ1v) is 1.24. The van der Waals surface area contributed by atoms with E-state index in [1.54, 1.807) is 0 Å². The third-order valence-corrected chi connectivity index (χ3v) is 0. The van der Waals surface area contributed by atoms with Crippen molar-refractivity contribution < 1.29 is 39.6 Å². The van der Waals surface area contributed by atoms with Crippen LogP contribution in [0.15, 0.2) is 0 Å². The molecule has 4 heavy (non-hydrogen) atoms. The van der Waals surface area contributed by atoms with Crippen molar-refractivity contribution in [3.63, 3.8) is 0 Å². The Kier molecular flexibility index (Phi) is 71.5. The van der Waals surface area contributed by atoms with E-state index in [0.29, 0.717) is 38.5 Å². The second kappa shape index (κ2) is 17.8. The molecule has 0 saturated heterocycles. The van der Waals surface area contributed by atoms with E-state index >= 15 is 0 Å². The molecule has 0 heterocycles. The van der Waals surface area contributed by atoms with Crippen molar-refractivity contribution in [2.45, 2.75) is 0 Å². The van der Waals surface area contributed by atoms with E-state index in [0.717, 1.165) is 0 Å². The Morgan fingerprint density at radius 1 is 1.25 bits per heavy atom. The van der Waals surface area contributed by atoms with Crippen molar-refractivity contribution >= 4 is 41.9 Å². The van der Waals surface area contributed by atoms with Gasteiger partial charge in [0.2, 0.25) is 0 Å². The molecule has 1 nitrogen and oxygen atoms in total. The van der Waals surface area contributed by atoms with Crippen LogP contribution >= 0.6 is 0 Å². The van der Waals surface area contributed by atoms with E-state index in [1.807, 2.05) is 0 Å². The van der Waals surface area contributed by atoms with Crippen LogP contribution in [-0.2, 0) is 1.11 Å². The average molecular weight is 201 g/mol. The second-order valence-electron chi connectivity index (χ2n) is 0. The summed E-state index contributed by atoms with van der Waals surface area (Å²) in [7, 11) is 0. The zero-order chi connectivity index (χ0) is 2.00. The molecule has 0 unspecified atom stereocenters. The Morgan fingerprint density at radius 3 is 1.25 bits per heavy atom. The molecule has 0 radical (unpaired) electrons. The fourth-order valence-electron chi connectivity index (χ4n) is 0. The van der Waals surface area contributed by atoms with Crippen LogP contribution in [0.2, 0.25) is 0 Å². The molecule has 4 heteroatoms. The first-order valence-electron chi connectivity index (χ1n) is 0.167. The maximum atomic E-state index is 8.33. The molecule has 0 saturated carbocycles. The Labute approximate surface area is 79.7 Å². The van der Waals surface area contributed by atoms with Crippen molar-refractivity contribution in [2.75, 3.05) is 0 Å². The summed E-state index contributed by atoms with van der Waals surface area (Å²) in [5.41, 5.74) is 0. The minimum absolute atomic E-state index is 0. The second-order valence-corrected chi connectivity index (χ2v) is 0. The van der Waals surface area contributed by atoms with Crippen molar-refractivity contribution in [2.24, 2.45) is 0 Å². The van der Waals surface area contributed by atoms with E-state index in [9.17, 15) is 0 Å². The molecule has 0 atom stereocenters. The van der Waals surface area contributed by atoms with Gasteiger partial charge in [-0.05, 0) is 0 Å². The van der Waals surface area contributed by atoms with E-state index in [4.69, 9.17) is 1.11 Å². The van der Waals surface area contributed by atoms with E-state index < -0.39 is 0 Å². The van der Waals surface area contributed by atoms with Gasteiger partial charge in [-0.1, -0.05) is 0 Å². The van der Waals surface area contributed by atoms with Gasteiger partial charge in [0.25, 0.3) is 0 Å². The van der Waals surface area contributed by atoms with Crippen LogP contribution in [-0.4, -0.2) is 41.9 Å². The van der Waals surface area contributed by atoms with Gasteiger partial charge in [0, 0.05) is 0 Å². The van der Waals surface area contributed by atoms with Gasteiger partial charge in [-0.3, -0.25) is 0 Å². The molecule has 0 aromatic carbocycles. The summed E-state index contributed by atoms with van der Waals surface area (Å²) in [6.07, 6.45) is 0. The van der Waals surface area contributed by atoms with Gasteiger partial charge in [0.15, 0.2) is 0 Å². The van der Waals surface area contributed by atoms with Crippen LogP contribution in [0.3, 0.4) is 0 Å². The SMILES string of the molecule is [LiH].[MgH2].[O]=[Sm]. The van der Waals surface area contributed by atoms with Gasteiger partial charge in [0.05, 0.1) is 0 Å². The van der Waals surface area contributed by atoms with Crippen LogP contribution in [0.25, 0.3) is 0 Å². The van der Waals surface area contributed by atoms with Gasteiger partial charge >= 0.3 is 81.5 Å². The van der Waals surface area contributed by atoms with Gasteiger partial charge in [-0.25, -0.2) is 0 Å². The molecule has 0 aliphatic rings. The first-order chi connectivity index (χ1) is 1.00. The van der Waals surface area contributed by atoms with Gasteiger partial charge in [-0.15, -0.1) is 0 Å². The summed E-state index contributed by atoms with van der Waals surface area (Å²) in [5.74, 6) is 0. The Morgan fingerprint density at radius 2 is 1.25 bits per heavy atom. The molecule has 0 rings (SSSR count). The Hall–Kier alpha value is 2.50. The number of hydrogen-bond donors (Lipinski definition) is 0.